The van der Waals surface area contributed by atoms with Crippen LogP contribution in [0.2, 0.25) is 5.02 Å². The molecule has 0 aliphatic heterocycles. The van der Waals surface area contributed by atoms with E-state index in [1.165, 1.54) is 0 Å². The maximum atomic E-state index is 12.6. The highest BCUT2D eigenvalue weighted by Crippen LogP contribution is 2.40. The third-order valence-electron chi connectivity index (χ3n) is 5.02. The molecule has 0 saturated heterocycles. The second-order valence-electron chi connectivity index (χ2n) is 6.79. The summed E-state index contributed by atoms with van der Waals surface area (Å²) in [5, 5.41) is 4.07. The molecule has 0 radical (unpaired) electrons. The molecular weight excluding hydrogens is 398 g/mol. The van der Waals surface area contributed by atoms with Crippen LogP contribution in [-0.4, -0.2) is 17.1 Å². The molecule has 0 fully saturated rings. The summed E-state index contributed by atoms with van der Waals surface area (Å²) in [5.74, 6) is -0.416. The Balaban J connectivity index is 1.95. The Hall–Kier alpha value is -3.23. The number of ether oxygens (including phenoxy) is 1. The Morgan fingerprint density at radius 2 is 1.87 bits per heavy atom. The summed E-state index contributed by atoms with van der Waals surface area (Å²) >= 11 is 6.22. The van der Waals surface area contributed by atoms with Gasteiger partial charge < -0.3 is 14.6 Å². The number of aromatic nitrogens is 1. The zero-order chi connectivity index (χ0) is 21.7. The van der Waals surface area contributed by atoms with E-state index < -0.39 is 5.97 Å². The van der Waals surface area contributed by atoms with Crippen molar-refractivity contribution in [1.29, 1.82) is 0 Å². The first-order valence-electron chi connectivity index (χ1n) is 9.85. The number of esters is 1. The normalized spacial score (nSPS) is 10.5. The number of carbonyl (C=O) groups is 1. The Bertz CT molecular complexity index is 1090. The van der Waals surface area contributed by atoms with Gasteiger partial charge in [0, 0.05) is 35.6 Å². The van der Waals surface area contributed by atoms with E-state index in [4.69, 9.17) is 22.9 Å². The van der Waals surface area contributed by atoms with E-state index in [2.05, 4.69) is 10.2 Å². The van der Waals surface area contributed by atoms with Gasteiger partial charge in [-0.2, -0.15) is 0 Å². The predicted molar refractivity (Wildman–Crippen MR) is 121 cm³/mol. The van der Waals surface area contributed by atoms with Gasteiger partial charge in [-0.15, -0.1) is 0 Å². The van der Waals surface area contributed by atoms with Gasteiger partial charge in [0.15, 0.2) is 0 Å². The van der Waals surface area contributed by atoms with Crippen LogP contribution in [0.4, 0.5) is 11.4 Å². The first kappa shape index (κ1) is 21.5. The SMILES string of the molecule is [C-]#[N+]c1c(-c2ccc(NCc3ccccc3Cl)cc2)c(C(=O)OCC)n(C)c1CC. The van der Waals surface area contributed by atoms with Gasteiger partial charge in [0.05, 0.1) is 13.2 Å². The zero-order valence-corrected chi connectivity index (χ0v) is 18.1. The highest BCUT2D eigenvalue weighted by atomic mass is 35.5. The maximum absolute atomic E-state index is 12.6. The quantitative estimate of drug-likeness (QED) is 0.362. The molecule has 154 valence electrons. The third-order valence-corrected chi connectivity index (χ3v) is 5.39. The lowest BCUT2D eigenvalue weighted by molar-refractivity contribution is 0.0516. The van der Waals surface area contributed by atoms with Crippen molar-refractivity contribution >= 4 is 28.9 Å². The Kier molecular flexibility index (Phi) is 6.81. The molecule has 0 bridgehead atoms. The maximum Gasteiger partial charge on any atom is 0.354 e. The first-order valence-corrected chi connectivity index (χ1v) is 10.2. The summed E-state index contributed by atoms with van der Waals surface area (Å²) in [6.45, 7) is 12.3. The summed E-state index contributed by atoms with van der Waals surface area (Å²) in [4.78, 5) is 16.4. The van der Waals surface area contributed by atoms with Crippen LogP contribution in [0.25, 0.3) is 16.0 Å². The fourth-order valence-corrected chi connectivity index (χ4v) is 3.75. The minimum absolute atomic E-state index is 0.281. The van der Waals surface area contributed by atoms with Crippen LogP contribution in [0.15, 0.2) is 48.5 Å². The number of anilines is 1. The van der Waals surface area contributed by atoms with Crippen LogP contribution < -0.4 is 5.32 Å². The van der Waals surface area contributed by atoms with Crippen molar-refractivity contribution in [3.8, 4) is 11.1 Å². The molecule has 1 heterocycles. The van der Waals surface area contributed by atoms with Crippen molar-refractivity contribution < 1.29 is 9.53 Å². The molecular formula is C24H24ClN3O2. The number of hydrogen-bond donors (Lipinski definition) is 1. The number of rotatable bonds is 7. The number of halogens is 1. The van der Waals surface area contributed by atoms with Gasteiger partial charge in [-0.3, -0.25) is 0 Å². The van der Waals surface area contributed by atoms with E-state index in [0.717, 1.165) is 27.5 Å². The number of carbonyl (C=O) groups excluding carboxylic acids is 1. The van der Waals surface area contributed by atoms with Gasteiger partial charge in [0.25, 0.3) is 0 Å². The lowest BCUT2D eigenvalue weighted by Crippen LogP contribution is -2.12. The second-order valence-corrected chi connectivity index (χ2v) is 7.19. The summed E-state index contributed by atoms with van der Waals surface area (Å²) in [5.41, 5.74) is 5.11. The molecule has 0 spiro atoms. The molecule has 0 aliphatic rings. The summed E-state index contributed by atoms with van der Waals surface area (Å²) < 4.78 is 7.05. The monoisotopic (exact) mass is 421 g/mol. The highest BCUT2D eigenvalue weighted by Gasteiger charge is 2.26. The molecule has 0 aliphatic carbocycles. The van der Waals surface area contributed by atoms with Crippen LogP contribution in [0.3, 0.4) is 0 Å². The number of nitrogens with zero attached hydrogens (tertiary/aromatic N) is 2. The van der Waals surface area contributed by atoms with Gasteiger partial charge in [-0.1, -0.05) is 48.9 Å². The number of nitrogens with one attached hydrogen (secondary N) is 1. The van der Waals surface area contributed by atoms with Crippen LogP contribution in [0.1, 0.15) is 35.6 Å². The van der Waals surface area contributed by atoms with E-state index in [1.54, 1.807) is 11.5 Å². The second kappa shape index (κ2) is 9.51. The van der Waals surface area contributed by atoms with E-state index in [0.29, 0.717) is 29.9 Å². The molecule has 30 heavy (non-hydrogen) atoms. The molecule has 2 aromatic carbocycles. The van der Waals surface area contributed by atoms with E-state index in [-0.39, 0.29) is 6.61 Å². The molecule has 3 rings (SSSR count). The molecule has 0 unspecified atom stereocenters. The van der Waals surface area contributed by atoms with E-state index in [1.807, 2.05) is 62.5 Å². The molecule has 0 atom stereocenters. The first-order chi connectivity index (χ1) is 14.5. The fraction of sp³-hybridized carbons (Fsp3) is 0.250. The van der Waals surface area contributed by atoms with E-state index in [9.17, 15) is 4.79 Å². The summed E-state index contributed by atoms with van der Waals surface area (Å²) in [6.07, 6.45) is 0.651. The highest BCUT2D eigenvalue weighted by molar-refractivity contribution is 6.31. The van der Waals surface area contributed by atoms with Gasteiger partial charge in [-0.05, 0) is 42.7 Å². The summed E-state index contributed by atoms with van der Waals surface area (Å²) in [7, 11) is 1.81. The lowest BCUT2D eigenvalue weighted by atomic mass is 10.0. The smallest absolute Gasteiger partial charge is 0.354 e. The molecule has 0 amide bonds. The molecule has 6 heteroatoms. The number of hydrogen-bond acceptors (Lipinski definition) is 3. The molecule has 3 aromatic rings. The van der Waals surface area contributed by atoms with Crippen LogP contribution in [-0.2, 0) is 24.8 Å². The topological polar surface area (TPSA) is 47.6 Å². The average molecular weight is 422 g/mol. The lowest BCUT2D eigenvalue weighted by Gasteiger charge is -2.11. The number of benzene rings is 2. The predicted octanol–water partition coefficient (Wildman–Crippen LogP) is 6.25. The Labute approximate surface area is 182 Å². The standard InChI is InChI=1S/C24H24ClN3O2/c1-5-20-22(26-3)21(23(28(20)4)24(29)30-6-2)16-11-13-18(14-12-16)27-15-17-9-7-8-10-19(17)25/h7-14,27H,5-6,15H2,1-2,4H3. The van der Waals surface area contributed by atoms with Crippen molar-refractivity contribution in [3.63, 3.8) is 0 Å². The fourth-order valence-electron chi connectivity index (χ4n) is 3.55. The zero-order valence-electron chi connectivity index (χ0n) is 17.3. The van der Waals surface area contributed by atoms with Crippen molar-refractivity contribution in [2.75, 3.05) is 11.9 Å². The summed E-state index contributed by atoms with van der Waals surface area (Å²) in [6, 6.07) is 15.4. The molecule has 5 nitrogen and oxygen atoms in total. The molecule has 1 aromatic heterocycles. The van der Waals surface area contributed by atoms with Crippen LogP contribution in [0.5, 0.6) is 0 Å². The van der Waals surface area contributed by atoms with Crippen LogP contribution in [0, 0.1) is 6.57 Å². The minimum Gasteiger partial charge on any atom is -0.461 e. The minimum atomic E-state index is -0.416. The van der Waals surface area contributed by atoms with Crippen molar-refractivity contribution in [2.45, 2.75) is 26.8 Å². The van der Waals surface area contributed by atoms with E-state index >= 15 is 0 Å². The van der Waals surface area contributed by atoms with Gasteiger partial charge in [0.2, 0.25) is 5.69 Å². The molecule has 0 saturated carbocycles. The Morgan fingerprint density at radius 1 is 1.17 bits per heavy atom. The molecule has 1 N–H and O–H groups in total. The van der Waals surface area contributed by atoms with Crippen molar-refractivity contribution in [2.24, 2.45) is 7.05 Å². The van der Waals surface area contributed by atoms with Crippen molar-refractivity contribution in [3.05, 3.63) is 81.9 Å². The van der Waals surface area contributed by atoms with Gasteiger partial charge >= 0.3 is 5.97 Å². The van der Waals surface area contributed by atoms with Crippen molar-refractivity contribution in [1.82, 2.24) is 4.57 Å². The largest absolute Gasteiger partial charge is 0.461 e. The average Bonchev–Trinajstić information content (AvgIpc) is 3.05. The third kappa shape index (κ3) is 4.19. The van der Waals surface area contributed by atoms with Gasteiger partial charge in [0.1, 0.15) is 5.69 Å². The Morgan fingerprint density at radius 3 is 2.47 bits per heavy atom. The van der Waals surface area contributed by atoms with Crippen LogP contribution >= 0.6 is 11.6 Å². The van der Waals surface area contributed by atoms with Gasteiger partial charge in [-0.25, -0.2) is 9.64 Å².